The zero-order chi connectivity index (χ0) is 17.7. The maximum atomic E-state index is 12.2. The zero-order valence-electron chi connectivity index (χ0n) is 12.7. The van der Waals surface area contributed by atoms with Crippen molar-refractivity contribution < 1.29 is 9.53 Å². The molecule has 0 radical (unpaired) electrons. The number of hydrogen-bond donors (Lipinski definition) is 1. The predicted octanol–water partition coefficient (Wildman–Crippen LogP) is 3.95. The first-order valence-electron chi connectivity index (χ1n) is 6.93. The lowest BCUT2D eigenvalue weighted by atomic mass is 10.2. The molecule has 1 atom stereocenters. The Morgan fingerprint density at radius 2 is 2.21 bits per heavy atom. The van der Waals surface area contributed by atoms with Crippen molar-refractivity contribution in [1.29, 1.82) is 0 Å². The van der Waals surface area contributed by atoms with E-state index in [1.54, 1.807) is 29.1 Å². The van der Waals surface area contributed by atoms with Crippen LogP contribution in [-0.4, -0.2) is 32.3 Å². The molecule has 0 spiro atoms. The molecule has 1 aromatic heterocycles. The number of imidazole rings is 1. The molecule has 0 saturated carbocycles. The second-order valence-corrected chi connectivity index (χ2v) is 7.31. The summed E-state index contributed by atoms with van der Waals surface area (Å²) >= 11 is 24.2. The Bertz CT molecular complexity index is 692. The summed E-state index contributed by atoms with van der Waals surface area (Å²) in [6, 6.07) is 5.28. The predicted molar refractivity (Wildman–Crippen MR) is 96.2 cm³/mol. The molecule has 1 amide bonds. The summed E-state index contributed by atoms with van der Waals surface area (Å²) in [7, 11) is 0. The summed E-state index contributed by atoms with van der Waals surface area (Å²) < 4.78 is 5.57. The average Bonchev–Trinajstić information content (AvgIpc) is 3.05. The van der Waals surface area contributed by atoms with Gasteiger partial charge in [-0.25, -0.2) is 4.98 Å². The summed E-state index contributed by atoms with van der Waals surface area (Å²) in [5.41, 5.74) is 0.994. The molecule has 0 bridgehead atoms. The molecule has 9 heteroatoms. The fraction of sp³-hybridized carbons (Fsp3) is 0.333. The SMILES string of the molecule is Cc1ccc(OCC(=O)NC(n2ccnc2)C(Cl)(Cl)CCl)c(Cl)c1. The van der Waals surface area contributed by atoms with Gasteiger partial charge in [0.15, 0.2) is 10.9 Å². The van der Waals surface area contributed by atoms with Crippen LogP contribution in [0.5, 0.6) is 5.75 Å². The molecule has 0 aliphatic heterocycles. The number of rotatable bonds is 7. The van der Waals surface area contributed by atoms with E-state index < -0.39 is 16.4 Å². The molecular weight excluding hydrogens is 396 g/mol. The number of benzene rings is 1. The van der Waals surface area contributed by atoms with Crippen molar-refractivity contribution in [3.63, 3.8) is 0 Å². The van der Waals surface area contributed by atoms with Crippen molar-refractivity contribution >= 4 is 52.3 Å². The third-order valence-corrected chi connectivity index (χ3v) is 4.82. The molecule has 1 N–H and O–H groups in total. The van der Waals surface area contributed by atoms with Crippen molar-refractivity contribution in [1.82, 2.24) is 14.9 Å². The number of carbonyl (C=O) groups excluding carboxylic acids is 1. The van der Waals surface area contributed by atoms with Crippen LogP contribution in [0.1, 0.15) is 11.7 Å². The highest BCUT2D eigenvalue weighted by Gasteiger charge is 2.36. The van der Waals surface area contributed by atoms with Crippen LogP contribution < -0.4 is 10.1 Å². The fourth-order valence-electron chi connectivity index (χ4n) is 1.95. The molecule has 2 aromatic rings. The first kappa shape index (κ1) is 19.2. The van der Waals surface area contributed by atoms with Crippen molar-refractivity contribution in [3.05, 3.63) is 47.5 Å². The first-order valence-corrected chi connectivity index (χ1v) is 8.60. The minimum absolute atomic E-state index is 0.0934. The van der Waals surface area contributed by atoms with Gasteiger partial charge in [0.1, 0.15) is 11.9 Å². The largest absolute Gasteiger partial charge is 0.482 e. The van der Waals surface area contributed by atoms with Crippen LogP contribution in [0, 0.1) is 6.92 Å². The summed E-state index contributed by atoms with van der Waals surface area (Å²) in [5, 5.41) is 3.11. The molecular formula is C15H15Cl4N3O2. The third-order valence-electron chi connectivity index (χ3n) is 3.15. The average molecular weight is 411 g/mol. The van der Waals surface area contributed by atoms with Gasteiger partial charge >= 0.3 is 0 Å². The van der Waals surface area contributed by atoms with Gasteiger partial charge in [0.25, 0.3) is 5.91 Å². The van der Waals surface area contributed by atoms with Gasteiger partial charge in [-0.15, -0.1) is 11.6 Å². The van der Waals surface area contributed by atoms with Crippen LogP contribution in [0.25, 0.3) is 0 Å². The molecule has 0 saturated heterocycles. The van der Waals surface area contributed by atoms with Crippen molar-refractivity contribution in [2.24, 2.45) is 0 Å². The van der Waals surface area contributed by atoms with Gasteiger partial charge in [-0.2, -0.15) is 0 Å². The van der Waals surface area contributed by atoms with E-state index in [0.29, 0.717) is 10.8 Å². The number of nitrogens with zero attached hydrogens (tertiary/aromatic N) is 2. The number of ether oxygens (including phenoxy) is 1. The number of carbonyl (C=O) groups is 1. The number of nitrogens with one attached hydrogen (secondary N) is 1. The molecule has 0 aliphatic rings. The fourth-order valence-corrected chi connectivity index (χ4v) is 2.72. The monoisotopic (exact) mass is 409 g/mol. The quantitative estimate of drug-likeness (QED) is 0.703. The normalized spacial score (nSPS) is 12.7. The summed E-state index contributed by atoms with van der Waals surface area (Å²) in [6.07, 6.45) is 3.84. The van der Waals surface area contributed by atoms with Crippen LogP contribution in [0.4, 0.5) is 0 Å². The smallest absolute Gasteiger partial charge is 0.259 e. The van der Waals surface area contributed by atoms with Crippen LogP contribution in [0.3, 0.4) is 0 Å². The van der Waals surface area contributed by atoms with Gasteiger partial charge in [-0.1, -0.05) is 40.9 Å². The highest BCUT2D eigenvalue weighted by Crippen LogP contribution is 2.33. The zero-order valence-corrected chi connectivity index (χ0v) is 15.7. The van der Waals surface area contributed by atoms with E-state index in [1.165, 1.54) is 6.33 Å². The molecule has 5 nitrogen and oxygen atoms in total. The summed E-state index contributed by atoms with van der Waals surface area (Å²) in [4.78, 5) is 16.1. The Hall–Kier alpha value is -1.14. The Morgan fingerprint density at radius 1 is 1.46 bits per heavy atom. The lowest BCUT2D eigenvalue weighted by molar-refractivity contribution is -0.124. The molecule has 2 rings (SSSR count). The molecule has 0 aliphatic carbocycles. The minimum atomic E-state index is -1.42. The van der Waals surface area contributed by atoms with Gasteiger partial charge in [-0.05, 0) is 24.6 Å². The van der Waals surface area contributed by atoms with Crippen LogP contribution >= 0.6 is 46.4 Å². The van der Waals surface area contributed by atoms with Crippen molar-refractivity contribution in [2.75, 3.05) is 12.5 Å². The summed E-state index contributed by atoms with van der Waals surface area (Å²) in [5.74, 6) is -0.109. The lowest BCUT2D eigenvalue weighted by Crippen LogP contribution is -2.45. The Balaban J connectivity index is 2.03. The van der Waals surface area contributed by atoms with Crippen LogP contribution in [0.2, 0.25) is 5.02 Å². The molecule has 1 unspecified atom stereocenters. The van der Waals surface area contributed by atoms with E-state index in [1.807, 2.05) is 13.0 Å². The Morgan fingerprint density at radius 3 is 2.79 bits per heavy atom. The van der Waals surface area contributed by atoms with Crippen LogP contribution in [0.15, 0.2) is 36.9 Å². The molecule has 24 heavy (non-hydrogen) atoms. The maximum Gasteiger partial charge on any atom is 0.259 e. The molecule has 1 aromatic carbocycles. The third kappa shape index (κ3) is 4.93. The standard InChI is InChI=1S/C15H15Cl4N3O2/c1-10-2-3-12(11(17)6-10)24-7-13(23)21-14(15(18,19)8-16)22-5-4-20-9-22/h2-6,9,14H,7-8H2,1H3,(H,21,23). The number of aromatic nitrogens is 2. The van der Waals surface area contributed by atoms with E-state index in [2.05, 4.69) is 10.3 Å². The molecule has 0 fully saturated rings. The number of alkyl halides is 3. The lowest BCUT2D eigenvalue weighted by Gasteiger charge is -2.29. The Kier molecular flexibility index (Phi) is 6.63. The minimum Gasteiger partial charge on any atom is -0.482 e. The number of amides is 1. The van der Waals surface area contributed by atoms with Crippen molar-refractivity contribution in [2.45, 2.75) is 17.4 Å². The van der Waals surface area contributed by atoms with Crippen LogP contribution in [-0.2, 0) is 4.79 Å². The van der Waals surface area contributed by atoms with E-state index in [9.17, 15) is 4.79 Å². The van der Waals surface area contributed by atoms with Gasteiger partial charge < -0.3 is 14.6 Å². The number of hydrogen-bond acceptors (Lipinski definition) is 3. The highest BCUT2D eigenvalue weighted by atomic mass is 35.5. The highest BCUT2D eigenvalue weighted by molar-refractivity contribution is 6.51. The molecule has 1 heterocycles. The Labute approximate surface area is 159 Å². The van der Waals surface area contributed by atoms with Crippen molar-refractivity contribution in [3.8, 4) is 5.75 Å². The number of halogens is 4. The first-order chi connectivity index (χ1) is 11.3. The van der Waals surface area contributed by atoms with Gasteiger partial charge in [0, 0.05) is 12.4 Å². The van der Waals surface area contributed by atoms with Gasteiger partial charge in [0.2, 0.25) is 0 Å². The second-order valence-electron chi connectivity index (χ2n) is 5.10. The molecule has 130 valence electrons. The summed E-state index contributed by atoms with van der Waals surface area (Å²) in [6.45, 7) is 1.66. The van der Waals surface area contributed by atoms with E-state index in [4.69, 9.17) is 51.1 Å². The topological polar surface area (TPSA) is 56.1 Å². The second kappa shape index (κ2) is 8.30. The van der Waals surface area contributed by atoms with Gasteiger partial charge in [0.05, 0.1) is 17.2 Å². The van der Waals surface area contributed by atoms with E-state index in [-0.39, 0.29) is 12.5 Å². The maximum absolute atomic E-state index is 12.2. The van der Waals surface area contributed by atoms with E-state index in [0.717, 1.165) is 5.56 Å². The number of aryl methyl sites for hydroxylation is 1. The van der Waals surface area contributed by atoms with E-state index >= 15 is 0 Å². The van der Waals surface area contributed by atoms with Gasteiger partial charge in [-0.3, -0.25) is 4.79 Å².